The first-order chi connectivity index (χ1) is 64.8. The number of hydrogen-bond donors (Lipinski definition) is 8. The fourth-order valence-electron chi connectivity index (χ4n) is 9.77. The van der Waals surface area contributed by atoms with Gasteiger partial charge in [-0.1, -0.05) is 56.3 Å². The first-order valence-electron chi connectivity index (χ1n) is 40.2. The van der Waals surface area contributed by atoms with E-state index in [-0.39, 0.29) is 82.2 Å². The summed E-state index contributed by atoms with van der Waals surface area (Å²) in [5, 5.41) is 32.5. The van der Waals surface area contributed by atoms with Gasteiger partial charge in [0, 0.05) is 60.3 Å². The van der Waals surface area contributed by atoms with Gasteiger partial charge in [0.15, 0.2) is 46.0 Å². The van der Waals surface area contributed by atoms with Crippen molar-refractivity contribution < 1.29 is 148 Å². The molecule has 0 aliphatic carbocycles. The Morgan fingerprint density at radius 3 is 0.964 bits per heavy atom. The molecule has 7 aromatic carbocycles. The topological polar surface area (TPSA) is 472 Å². The first kappa shape index (κ1) is 145. The van der Waals surface area contributed by atoms with Gasteiger partial charge in [-0.25, -0.2) is 23.8 Å². The van der Waals surface area contributed by atoms with E-state index in [0.29, 0.717) is 93.1 Å². The maximum Gasteiger partial charge on any atom is 1.00 e. The second kappa shape index (κ2) is 79.2. The van der Waals surface area contributed by atoms with Crippen LogP contribution < -0.4 is 93.3 Å². The summed E-state index contributed by atoms with van der Waals surface area (Å²) in [5.41, 5.74) is 12.7. The van der Waals surface area contributed by atoms with Crippen molar-refractivity contribution in [2.24, 2.45) is 21.6 Å². The number of aliphatic hydroxyl groups excluding tert-OH is 2. The molecule has 1 amide bonds. The minimum absolute atomic E-state index is 0. The Kier molecular flexibility index (Phi) is 81.8. The van der Waals surface area contributed by atoms with Crippen LogP contribution in [0.15, 0.2) is 137 Å². The Balaban J connectivity index is -0.000000279. The fraction of sp³-hybridized carbons (Fsp3) is 0.419. The number of carbonyl (C=O) groups excluding carboxylic acids is 7. The molecule has 0 unspecified atom stereocenters. The van der Waals surface area contributed by atoms with Crippen LogP contribution in [0.5, 0.6) is 63.2 Å². The summed E-state index contributed by atoms with van der Waals surface area (Å²) in [4.78, 5) is 102. The van der Waals surface area contributed by atoms with Crippen molar-refractivity contribution in [3.8, 4) is 63.2 Å². The number of ether oxygens (including phenoxy) is 13. The third-order valence-corrected chi connectivity index (χ3v) is 17.3. The zero-order valence-electron chi connectivity index (χ0n) is 83.2. The van der Waals surface area contributed by atoms with Crippen molar-refractivity contribution in [3.05, 3.63) is 190 Å². The van der Waals surface area contributed by atoms with E-state index in [4.69, 9.17) is 167 Å². The standard InChI is InChI=1S/C14H19NO2.C13H19NO4.C13H17NO3.C10H11ClO2.C9H9ClO3.C9H10O4.C9H10O3.C4H12N2.C4H11NO.2C2Cl2O2.C2H5.2CH2Cl2.Cl2OS.Li/c1-5-10-11(7-6-8-12(10)16-4)13-15-14(2,3)9-17-13;1-13(2,8-15)14-12(16)9-6-5-7-10(17-3)11(9)18-4;1-13(2)8-17-12(14-13)9-6-5-7-10(15-3)11(9)16-4;1-3-7-8(10(11)12)5-4-6-9(7)13-2;2*1-12-7-5-3-4-6(9(10)11)8(7)13-2;1-6-7(9(10)11)4-3-5-8(6)12-2;1-4(2,3)6-5;1-4(2,5)3-6;2*3-1(5)2(4)6;1-2;2*2-1-3;1-4(2)3;/h6-8H,5,9H2,1-4H3;5-7,15H,8H2,1-4H3,(H,14,16);5-7H,8H2,1-4H3;4-6H,3H2,1-2H3;3-5H,1-2H3;3-5H,1-2H3,(H,10,11);3-5H,1-2H3,(H,10,11);6H,5H2,1-3H3;6H,3,5H2,1-2H3;;;1H2,2H3;2*1H2;;/q;;;;;;;;;;;-1;;;;+1. The minimum atomic E-state index is -1.67. The number of benzene rings is 7. The van der Waals surface area contributed by atoms with Crippen molar-refractivity contribution >= 4 is 208 Å². The zero-order valence-corrected chi connectivity index (χ0v) is 93.0. The SMILES string of the molecule is CC(C)(C)NN.CC(C)(N)CO.CCc1c(OC)cccc1C(=O)Cl.CCc1c(OC)cccc1C1=NC(C)(C)CO1.COc1cccc(C(=O)Cl)c1OC.COc1cccc(C(=O)NC(C)(C)CO)c1OC.COc1cccc(C(=O)O)c1C.COc1cccc(C(=O)O)c1OC.COc1cccc(C2=NC(C)(C)CO2)c1OC.ClCCl.ClCCl.O=C(Cl)C(=O)Cl.O=C(Cl)C(=O)Cl.O=S(Cl)Cl.[CH2-]C.[Li+]. The molecule has 0 fully saturated rings. The van der Waals surface area contributed by atoms with Crippen LogP contribution in [0.3, 0.4) is 0 Å². The number of carboxylic acids is 2. The van der Waals surface area contributed by atoms with E-state index in [9.17, 15) is 43.2 Å². The number of nitrogens with one attached hydrogen (secondary N) is 2. The summed E-state index contributed by atoms with van der Waals surface area (Å²) in [7, 11) is 24.2. The van der Waals surface area contributed by atoms with Crippen molar-refractivity contribution in [2.75, 3.05) is 115 Å². The van der Waals surface area contributed by atoms with E-state index in [1.165, 1.54) is 55.8 Å². The number of alkyl halides is 4. The van der Waals surface area contributed by atoms with Crippen LogP contribution in [0.1, 0.15) is 177 Å². The van der Waals surface area contributed by atoms with Crippen molar-refractivity contribution in [1.29, 1.82) is 0 Å². The summed E-state index contributed by atoms with van der Waals surface area (Å²) in [6, 6.07) is 36.6. The number of hydrazine groups is 1. The second-order valence-electron chi connectivity index (χ2n) is 29.7. The maximum atomic E-state index is 12.1. The predicted octanol–water partition coefficient (Wildman–Crippen LogP) is 16.8. The number of aliphatic imine (C=N–C) groups is 2. The number of methoxy groups -OCH3 is 11. The van der Waals surface area contributed by atoms with E-state index in [1.807, 2.05) is 84.0 Å². The molecule has 2 aliphatic heterocycles. The molecule has 9 rings (SSSR count). The van der Waals surface area contributed by atoms with Gasteiger partial charge < -0.3 is 100.0 Å². The van der Waals surface area contributed by atoms with Gasteiger partial charge in [0.2, 0.25) is 21.0 Å². The number of aromatic carboxylic acids is 2. The fourth-order valence-corrected chi connectivity index (χ4v) is 10.1. The number of para-hydroxylation sites is 4. The minimum Gasteiger partial charge on any atom is -0.496 e. The number of nitrogens with zero attached hydrogens (tertiary/aromatic N) is 2. The molecule has 0 spiro atoms. The third kappa shape index (κ3) is 61.0. The van der Waals surface area contributed by atoms with E-state index in [2.05, 4.69) is 116 Å². The molecule has 782 valence electrons. The average molecular weight is 2230 g/mol. The molecule has 0 aromatic heterocycles. The molecule has 10 N–H and O–H groups in total. The molecule has 7 aromatic rings. The molecule has 2 aliphatic rings. The Hall–Kier alpha value is -8.26. The molecule has 0 saturated heterocycles. The molecule has 0 atom stereocenters. The number of rotatable bonds is 25. The zero-order chi connectivity index (χ0) is 109. The number of hydrogen-bond acceptors (Lipinski definition) is 30. The number of carboxylic acid groups (broad SMARTS) is 2. The van der Waals surface area contributed by atoms with Gasteiger partial charge in [-0.15, -0.1) is 46.4 Å². The predicted molar refractivity (Wildman–Crippen MR) is 557 cm³/mol. The number of nitrogens with two attached hydrogens (primary N) is 2. The smallest absolute Gasteiger partial charge is 0.496 e. The van der Waals surface area contributed by atoms with E-state index in [1.54, 1.807) is 149 Å². The molecule has 47 heteroatoms. The quantitative estimate of drug-likeness (QED) is 0.00501. The van der Waals surface area contributed by atoms with E-state index >= 15 is 0 Å². The molecule has 33 nitrogen and oxygen atoms in total. The maximum absolute atomic E-state index is 12.1. The number of halogens is 12. The molecule has 2 heterocycles. The van der Waals surface area contributed by atoms with Crippen LogP contribution in [0.2, 0.25) is 0 Å². The molecular formula is C93H127Cl12LiN6O27S. The van der Waals surface area contributed by atoms with E-state index in [0.717, 1.165) is 46.7 Å². The van der Waals surface area contributed by atoms with Crippen LogP contribution in [-0.2, 0) is 50.7 Å². The van der Waals surface area contributed by atoms with Gasteiger partial charge in [-0.3, -0.25) is 44.8 Å². The molecular weight excluding hydrogens is 2100 g/mol. The van der Waals surface area contributed by atoms with Gasteiger partial charge in [-0.2, -0.15) is 6.92 Å². The summed E-state index contributed by atoms with van der Waals surface area (Å²) < 4.78 is 76.6. The molecule has 140 heavy (non-hydrogen) atoms. The second-order valence-corrected chi connectivity index (χ2v) is 35.9. The van der Waals surface area contributed by atoms with Crippen LogP contribution in [0.4, 0.5) is 0 Å². The van der Waals surface area contributed by atoms with Gasteiger partial charge >= 0.3 is 51.8 Å². The Morgan fingerprint density at radius 1 is 0.436 bits per heavy atom. The largest absolute Gasteiger partial charge is 1.00 e. The van der Waals surface area contributed by atoms with E-state index < -0.39 is 63.7 Å². The summed E-state index contributed by atoms with van der Waals surface area (Å²) in [5.74, 6) is 10.1. The van der Waals surface area contributed by atoms with Crippen molar-refractivity contribution in [1.82, 2.24) is 10.7 Å². The summed E-state index contributed by atoms with van der Waals surface area (Å²) >= 11 is 47.8. The van der Waals surface area contributed by atoms with Crippen LogP contribution in [-0.4, -0.2) is 229 Å². The van der Waals surface area contributed by atoms with Gasteiger partial charge in [0.1, 0.15) is 36.0 Å². The molecule has 0 radical (unpaired) electrons. The number of carbonyl (C=O) groups is 9. The third-order valence-electron chi connectivity index (χ3n) is 16.0. The summed E-state index contributed by atoms with van der Waals surface area (Å²) in [6.45, 7) is 33.2. The first-order valence-corrected chi connectivity index (χ1v) is 47.4. The molecule has 0 saturated carbocycles. The van der Waals surface area contributed by atoms with Gasteiger partial charge in [0.05, 0.1) is 141 Å². The average Bonchev–Trinajstić information content (AvgIpc) is 1.67. The molecule has 0 bridgehead atoms. The Morgan fingerprint density at radius 2 is 0.693 bits per heavy atom. The number of aliphatic hydroxyl groups is 2. The number of amides is 1. The Labute approximate surface area is 893 Å². The van der Waals surface area contributed by atoms with Crippen molar-refractivity contribution in [2.45, 2.75) is 144 Å². The van der Waals surface area contributed by atoms with Crippen LogP contribution in [0, 0.1) is 13.8 Å². The van der Waals surface area contributed by atoms with Gasteiger partial charge in [0.25, 0.3) is 16.4 Å². The van der Waals surface area contributed by atoms with Crippen molar-refractivity contribution in [3.63, 3.8) is 0 Å². The van der Waals surface area contributed by atoms with Crippen LogP contribution >= 0.6 is 137 Å². The van der Waals surface area contributed by atoms with Gasteiger partial charge in [-0.05, 0) is 250 Å². The normalized spacial score (nSPS) is 11.3. The Bertz CT molecular complexity index is 4670. The summed E-state index contributed by atoms with van der Waals surface area (Å²) in [6.07, 6.45) is 1.64. The van der Waals surface area contributed by atoms with Crippen LogP contribution in [0.25, 0.3) is 0 Å². The monoisotopic (exact) mass is 2220 g/mol.